The van der Waals surface area contributed by atoms with E-state index in [2.05, 4.69) is 15.9 Å². The SMILES string of the molecule is O=S(=O)(O)C1C=CSC1(O)Br. The molecule has 0 amide bonds. The van der Waals surface area contributed by atoms with Gasteiger partial charge in [-0.2, -0.15) is 8.42 Å². The number of halogens is 1. The average molecular weight is 261 g/mol. The second-order valence-corrected chi connectivity index (χ2v) is 6.39. The van der Waals surface area contributed by atoms with E-state index in [0.717, 1.165) is 11.8 Å². The first kappa shape index (κ1) is 9.53. The van der Waals surface area contributed by atoms with E-state index < -0.39 is 19.2 Å². The molecular weight excluding hydrogens is 256 g/mol. The molecule has 0 radical (unpaired) electrons. The number of aliphatic hydroxyl groups is 1. The van der Waals surface area contributed by atoms with Crippen LogP contribution < -0.4 is 0 Å². The summed E-state index contributed by atoms with van der Waals surface area (Å²) in [5.41, 5.74) is 0. The first-order valence-electron chi connectivity index (χ1n) is 2.56. The number of hydrogen-bond donors (Lipinski definition) is 2. The van der Waals surface area contributed by atoms with Crippen LogP contribution in [-0.2, 0) is 10.1 Å². The highest BCUT2D eigenvalue weighted by atomic mass is 79.9. The Morgan fingerprint density at radius 1 is 1.64 bits per heavy atom. The largest absolute Gasteiger partial charge is 0.368 e. The number of alkyl halides is 1. The van der Waals surface area contributed by atoms with Crippen molar-refractivity contribution in [3.63, 3.8) is 0 Å². The molecule has 0 fully saturated rings. The molecule has 2 N–H and O–H groups in total. The fraction of sp³-hybridized carbons (Fsp3) is 0.500. The van der Waals surface area contributed by atoms with Crippen molar-refractivity contribution in [3.05, 3.63) is 11.5 Å². The van der Waals surface area contributed by atoms with Crippen molar-refractivity contribution in [3.8, 4) is 0 Å². The number of hydrogen-bond acceptors (Lipinski definition) is 4. The quantitative estimate of drug-likeness (QED) is 0.532. The minimum Gasteiger partial charge on any atom is -0.368 e. The van der Waals surface area contributed by atoms with Gasteiger partial charge in [0.1, 0.15) is 0 Å². The van der Waals surface area contributed by atoms with E-state index in [0.29, 0.717) is 0 Å². The zero-order valence-corrected chi connectivity index (χ0v) is 8.36. The Kier molecular flexibility index (Phi) is 2.37. The van der Waals surface area contributed by atoms with E-state index in [1.807, 2.05) is 0 Å². The topological polar surface area (TPSA) is 74.6 Å². The van der Waals surface area contributed by atoms with Crippen molar-refractivity contribution in [2.24, 2.45) is 0 Å². The minimum atomic E-state index is -4.21. The Morgan fingerprint density at radius 2 is 2.18 bits per heavy atom. The van der Waals surface area contributed by atoms with Gasteiger partial charge in [-0.1, -0.05) is 17.8 Å². The van der Waals surface area contributed by atoms with Crippen LogP contribution in [0.1, 0.15) is 0 Å². The van der Waals surface area contributed by atoms with Crippen LogP contribution in [-0.4, -0.2) is 27.2 Å². The first-order chi connectivity index (χ1) is 4.84. The lowest BCUT2D eigenvalue weighted by Gasteiger charge is -2.18. The second kappa shape index (κ2) is 2.74. The minimum absolute atomic E-state index is 0.887. The molecule has 2 atom stereocenters. The molecule has 0 aromatic heterocycles. The Bertz CT molecular complexity index is 280. The molecule has 0 saturated heterocycles. The van der Waals surface area contributed by atoms with Crippen molar-refractivity contribution in [2.45, 2.75) is 9.09 Å². The summed E-state index contributed by atoms with van der Waals surface area (Å²) in [6.07, 6.45) is 1.22. The van der Waals surface area contributed by atoms with Crippen LogP contribution >= 0.6 is 27.7 Å². The fourth-order valence-corrected chi connectivity index (χ4v) is 3.77. The first-order valence-corrected chi connectivity index (χ1v) is 5.74. The molecule has 1 rings (SSSR count). The van der Waals surface area contributed by atoms with Crippen molar-refractivity contribution >= 4 is 37.8 Å². The summed E-state index contributed by atoms with van der Waals surface area (Å²) < 4.78 is 28.0. The molecule has 0 bridgehead atoms. The van der Waals surface area contributed by atoms with Gasteiger partial charge in [0.25, 0.3) is 10.1 Å². The summed E-state index contributed by atoms with van der Waals surface area (Å²) in [6.45, 7) is 0. The predicted molar refractivity (Wildman–Crippen MR) is 45.9 cm³/mol. The zero-order chi connectivity index (χ0) is 8.70. The Labute approximate surface area is 76.6 Å². The average Bonchev–Trinajstić information content (AvgIpc) is 2.06. The molecule has 1 heterocycles. The van der Waals surface area contributed by atoms with E-state index in [9.17, 15) is 13.5 Å². The smallest absolute Gasteiger partial charge is 0.276 e. The van der Waals surface area contributed by atoms with Crippen molar-refractivity contribution in [1.29, 1.82) is 0 Å². The Balaban J connectivity index is 2.99. The van der Waals surface area contributed by atoms with Gasteiger partial charge in [0.05, 0.1) is 0 Å². The molecule has 2 unspecified atom stereocenters. The Morgan fingerprint density at radius 3 is 2.36 bits per heavy atom. The fourth-order valence-electron chi connectivity index (χ4n) is 0.675. The molecule has 0 saturated carbocycles. The molecule has 4 nitrogen and oxygen atoms in total. The Hall–Kier alpha value is 0.440. The molecule has 11 heavy (non-hydrogen) atoms. The van der Waals surface area contributed by atoms with Gasteiger partial charge < -0.3 is 5.11 Å². The van der Waals surface area contributed by atoms with Gasteiger partial charge in [0.15, 0.2) is 9.09 Å². The van der Waals surface area contributed by atoms with Crippen LogP contribution in [0.25, 0.3) is 0 Å². The van der Waals surface area contributed by atoms with Gasteiger partial charge in [-0.05, 0) is 21.3 Å². The zero-order valence-electron chi connectivity index (χ0n) is 5.14. The molecule has 1 aliphatic rings. The molecule has 0 aromatic carbocycles. The maximum Gasteiger partial charge on any atom is 0.276 e. The summed E-state index contributed by atoms with van der Waals surface area (Å²) in [7, 11) is -4.21. The number of thioether (sulfide) groups is 1. The van der Waals surface area contributed by atoms with E-state index in [1.165, 1.54) is 11.5 Å². The molecule has 0 aliphatic carbocycles. The standard InChI is InChI=1S/C4H5BrO4S2/c5-4(6)3(1-2-10-4)11(7,8)9/h1-3,6H,(H,7,8,9). The van der Waals surface area contributed by atoms with Gasteiger partial charge in [0.2, 0.25) is 0 Å². The van der Waals surface area contributed by atoms with Crippen LogP contribution in [0.3, 0.4) is 0 Å². The molecule has 1 aliphatic heterocycles. The van der Waals surface area contributed by atoms with Crippen LogP contribution in [0, 0.1) is 0 Å². The second-order valence-electron chi connectivity index (χ2n) is 1.99. The molecule has 0 aromatic rings. The van der Waals surface area contributed by atoms with Crippen molar-refractivity contribution < 1.29 is 18.1 Å². The summed E-state index contributed by atoms with van der Waals surface area (Å²) in [4.78, 5) is 0. The molecular formula is C4H5BrO4S2. The van der Waals surface area contributed by atoms with Gasteiger partial charge in [0, 0.05) is 0 Å². The summed E-state index contributed by atoms with van der Waals surface area (Å²) in [5, 5.41) is 9.39. The van der Waals surface area contributed by atoms with Gasteiger partial charge in [-0.15, -0.1) is 0 Å². The van der Waals surface area contributed by atoms with E-state index in [1.54, 1.807) is 0 Å². The van der Waals surface area contributed by atoms with Crippen LogP contribution in [0.15, 0.2) is 11.5 Å². The van der Waals surface area contributed by atoms with Crippen LogP contribution in [0.5, 0.6) is 0 Å². The maximum absolute atomic E-state index is 10.6. The lowest BCUT2D eigenvalue weighted by atomic mass is 10.4. The maximum atomic E-state index is 10.6. The third kappa shape index (κ3) is 1.97. The lowest BCUT2D eigenvalue weighted by Crippen LogP contribution is -2.34. The van der Waals surface area contributed by atoms with Gasteiger partial charge in [-0.25, -0.2) is 0 Å². The predicted octanol–water partition coefficient (Wildman–Crippen LogP) is 0.544. The molecule has 7 heteroatoms. The van der Waals surface area contributed by atoms with Crippen molar-refractivity contribution in [2.75, 3.05) is 0 Å². The monoisotopic (exact) mass is 260 g/mol. The number of rotatable bonds is 1. The normalized spacial score (nSPS) is 37.9. The summed E-state index contributed by atoms with van der Waals surface area (Å²) >= 11 is 3.65. The third-order valence-electron chi connectivity index (χ3n) is 1.16. The summed E-state index contributed by atoms with van der Waals surface area (Å²) in [5.74, 6) is 0. The van der Waals surface area contributed by atoms with E-state index in [-0.39, 0.29) is 0 Å². The highest BCUT2D eigenvalue weighted by Gasteiger charge is 2.44. The highest BCUT2D eigenvalue weighted by Crippen LogP contribution is 2.42. The van der Waals surface area contributed by atoms with Gasteiger partial charge in [-0.3, -0.25) is 4.55 Å². The van der Waals surface area contributed by atoms with Gasteiger partial charge >= 0.3 is 0 Å². The highest BCUT2D eigenvalue weighted by molar-refractivity contribution is 9.12. The molecule has 64 valence electrons. The lowest BCUT2D eigenvalue weighted by molar-refractivity contribution is 0.241. The molecule has 0 spiro atoms. The van der Waals surface area contributed by atoms with Crippen LogP contribution in [0.4, 0.5) is 0 Å². The van der Waals surface area contributed by atoms with E-state index >= 15 is 0 Å². The van der Waals surface area contributed by atoms with E-state index in [4.69, 9.17) is 4.55 Å². The third-order valence-corrected chi connectivity index (χ3v) is 4.68. The van der Waals surface area contributed by atoms with Crippen LogP contribution in [0.2, 0.25) is 0 Å². The summed E-state index contributed by atoms with van der Waals surface area (Å²) in [6, 6.07) is 0. The van der Waals surface area contributed by atoms with Crippen molar-refractivity contribution in [1.82, 2.24) is 0 Å².